The molecule has 0 aromatic heterocycles. The molecule has 0 spiro atoms. The number of hydrogen-bond acceptors (Lipinski definition) is 4. The highest BCUT2D eigenvalue weighted by atomic mass is 19.4. The van der Waals surface area contributed by atoms with Crippen LogP contribution in [0.2, 0.25) is 0 Å². The fourth-order valence-electron chi connectivity index (χ4n) is 1.46. The van der Waals surface area contributed by atoms with E-state index in [1.54, 1.807) is 0 Å². The fraction of sp³-hybridized carbons (Fsp3) is 0.364. The molecule has 1 aromatic carbocycles. The molecule has 0 radical (unpaired) electrons. The quantitative estimate of drug-likeness (QED) is 0.644. The Balaban J connectivity index is 2.85. The highest BCUT2D eigenvalue weighted by Gasteiger charge is 2.27. The summed E-state index contributed by atoms with van der Waals surface area (Å²) in [5, 5.41) is 15.3. The van der Waals surface area contributed by atoms with Crippen molar-refractivity contribution in [3.05, 3.63) is 33.9 Å². The van der Waals surface area contributed by atoms with Gasteiger partial charge in [-0.3, -0.25) is 14.9 Å². The summed E-state index contributed by atoms with van der Waals surface area (Å²) in [5.41, 5.74) is -0.103. The van der Waals surface area contributed by atoms with E-state index in [1.165, 1.54) is 19.2 Å². The van der Waals surface area contributed by atoms with Gasteiger partial charge in [0.05, 0.1) is 16.9 Å². The first-order valence-electron chi connectivity index (χ1n) is 5.55. The van der Waals surface area contributed by atoms with Gasteiger partial charge in [0.15, 0.2) is 0 Å². The lowest BCUT2D eigenvalue weighted by Crippen LogP contribution is -2.28. The lowest BCUT2D eigenvalue weighted by molar-refractivity contribution is -0.384. The normalized spacial score (nSPS) is 11.0. The van der Waals surface area contributed by atoms with Crippen molar-refractivity contribution in [1.82, 2.24) is 5.32 Å². The topological polar surface area (TPSA) is 84.3 Å². The van der Waals surface area contributed by atoms with Crippen LogP contribution in [0.15, 0.2) is 18.2 Å². The Kier molecular flexibility index (Phi) is 4.89. The van der Waals surface area contributed by atoms with Crippen LogP contribution in [0.1, 0.15) is 16.8 Å². The van der Waals surface area contributed by atoms with Gasteiger partial charge in [0, 0.05) is 31.4 Å². The van der Waals surface area contributed by atoms with Gasteiger partial charge in [0.1, 0.15) is 0 Å². The molecule has 0 bridgehead atoms. The first-order chi connectivity index (χ1) is 9.24. The number of halogens is 3. The van der Waals surface area contributed by atoms with E-state index < -0.39 is 30.0 Å². The third-order valence-electron chi connectivity index (χ3n) is 2.42. The summed E-state index contributed by atoms with van der Waals surface area (Å²) < 4.78 is 35.9. The smallest absolute Gasteiger partial charge is 0.387 e. The molecule has 9 heteroatoms. The summed E-state index contributed by atoms with van der Waals surface area (Å²) >= 11 is 0. The van der Waals surface area contributed by atoms with E-state index >= 15 is 0 Å². The third kappa shape index (κ3) is 4.41. The van der Waals surface area contributed by atoms with Crippen LogP contribution < -0.4 is 10.6 Å². The fourth-order valence-corrected chi connectivity index (χ4v) is 1.46. The number of carbonyl (C=O) groups is 1. The molecular weight excluding hydrogens is 279 g/mol. The molecule has 2 N–H and O–H groups in total. The average molecular weight is 291 g/mol. The standard InChI is InChI=1S/C11H12F3N3O3/c1-15-9-3-2-7(17(19)20)6-8(9)10(18)16-5-4-11(12,13)14/h2-3,6,15H,4-5H2,1H3,(H,16,18). The summed E-state index contributed by atoms with van der Waals surface area (Å²) in [6.45, 7) is -0.589. The second kappa shape index (κ2) is 6.22. The molecule has 0 aliphatic heterocycles. The predicted octanol–water partition coefficient (Wildman–Crippen LogP) is 2.32. The Morgan fingerprint density at radius 2 is 2.05 bits per heavy atom. The average Bonchev–Trinajstić information content (AvgIpc) is 2.36. The molecule has 0 saturated carbocycles. The molecule has 0 fully saturated rings. The summed E-state index contributed by atoms with van der Waals surface area (Å²) in [4.78, 5) is 21.7. The number of benzene rings is 1. The van der Waals surface area contributed by atoms with Crippen LogP contribution >= 0.6 is 0 Å². The molecule has 20 heavy (non-hydrogen) atoms. The lowest BCUT2D eigenvalue weighted by Gasteiger charge is -2.10. The molecule has 6 nitrogen and oxygen atoms in total. The summed E-state index contributed by atoms with van der Waals surface area (Å²) in [7, 11) is 1.49. The SMILES string of the molecule is CNc1ccc([N+](=O)[O-])cc1C(=O)NCCC(F)(F)F. The van der Waals surface area contributed by atoms with Gasteiger partial charge in [-0.25, -0.2) is 0 Å². The molecule has 1 aromatic rings. The number of amides is 1. The number of rotatable bonds is 5. The maximum atomic E-state index is 12.0. The van der Waals surface area contributed by atoms with E-state index in [1.807, 2.05) is 0 Å². The van der Waals surface area contributed by atoms with Crippen LogP contribution in [-0.4, -0.2) is 30.6 Å². The molecule has 0 heterocycles. The van der Waals surface area contributed by atoms with Gasteiger partial charge in [0.2, 0.25) is 0 Å². The number of anilines is 1. The molecular formula is C11H12F3N3O3. The van der Waals surface area contributed by atoms with Crippen LogP contribution in [0.25, 0.3) is 0 Å². The Morgan fingerprint density at radius 3 is 2.55 bits per heavy atom. The number of nitro groups is 1. The number of nitrogens with zero attached hydrogens (tertiary/aromatic N) is 1. The zero-order chi connectivity index (χ0) is 15.3. The minimum atomic E-state index is -4.37. The van der Waals surface area contributed by atoms with Crippen LogP contribution in [0.3, 0.4) is 0 Å². The number of nitrogens with one attached hydrogen (secondary N) is 2. The van der Waals surface area contributed by atoms with Crippen LogP contribution in [0.5, 0.6) is 0 Å². The van der Waals surface area contributed by atoms with Crippen molar-refractivity contribution in [1.29, 1.82) is 0 Å². The molecule has 0 aliphatic carbocycles. The maximum Gasteiger partial charge on any atom is 0.390 e. The summed E-state index contributed by atoms with van der Waals surface area (Å²) in [6.07, 6.45) is -5.54. The van der Waals surface area contributed by atoms with E-state index in [9.17, 15) is 28.1 Å². The van der Waals surface area contributed by atoms with Gasteiger partial charge in [0.25, 0.3) is 11.6 Å². The predicted molar refractivity (Wildman–Crippen MR) is 65.6 cm³/mol. The van der Waals surface area contributed by atoms with E-state index in [2.05, 4.69) is 10.6 Å². The van der Waals surface area contributed by atoms with Crippen molar-refractivity contribution in [3.8, 4) is 0 Å². The molecule has 0 saturated heterocycles. The first kappa shape index (κ1) is 15.7. The Morgan fingerprint density at radius 1 is 1.40 bits per heavy atom. The van der Waals surface area contributed by atoms with Gasteiger partial charge >= 0.3 is 6.18 Å². The van der Waals surface area contributed by atoms with Crippen molar-refractivity contribution in [2.75, 3.05) is 18.9 Å². The van der Waals surface area contributed by atoms with Gasteiger partial charge in [-0.2, -0.15) is 13.2 Å². The lowest BCUT2D eigenvalue weighted by atomic mass is 10.1. The number of carbonyl (C=O) groups excluding carboxylic acids is 1. The van der Waals surface area contributed by atoms with Gasteiger partial charge in [-0.05, 0) is 6.07 Å². The van der Waals surface area contributed by atoms with Gasteiger partial charge in [-0.1, -0.05) is 0 Å². The van der Waals surface area contributed by atoms with E-state index in [4.69, 9.17) is 0 Å². The Hall–Kier alpha value is -2.32. The number of non-ortho nitro benzene ring substituents is 1. The second-order valence-corrected chi connectivity index (χ2v) is 3.86. The zero-order valence-electron chi connectivity index (χ0n) is 10.5. The highest BCUT2D eigenvalue weighted by Crippen LogP contribution is 2.22. The molecule has 1 amide bonds. The van der Waals surface area contributed by atoms with Crippen molar-refractivity contribution in [3.63, 3.8) is 0 Å². The van der Waals surface area contributed by atoms with Crippen LogP contribution in [-0.2, 0) is 0 Å². The van der Waals surface area contributed by atoms with Crippen molar-refractivity contribution in [2.45, 2.75) is 12.6 Å². The molecule has 1 rings (SSSR count). The molecule has 0 unspecified atom stereocenters. The number of nitro benzene ring substituents is 1. The van der Waals surface area contributed by atoms with E-state index in [-0.39, 0.29) is 11.3 Å². The largest absolute Gasteiger partial charge is 0.390 e. The van der Waals surface area contributed by atoms with Gasteiger partial charge < -0.3 is 10.6 Å². The first-order valence-corrected chi connectivity index (χ1v) is 5.55. The highest BCUT2D eigenvalue weighted by molar-refractivity contribution is 6.00. The molecule has 0 atom stereocenters. The third-order valence-corrected chi connectivity index (χ3v) is 2.42. The number of alkyl halides is 3. The van der Waals surface area contributed by atoms with Gasteiger partial charge in [-0.15, -0.1) is 0 Å². The van der Waals surface area contributed by atoms with Crippen LogP contribution in [0, 0.1) is 10.1 Å². The molecule has 110 valence electrons. The Bertz CT molecular complexity index is 517. The number of hydrogen-bond donors (Lipinski definition) is 2. The van der Waals surface area contributed by atoms with E-state index in [0.29, 0.717) is 5.69 Å². The minimum Gasteiger partial charge on any atom is -0.387 e. The zero-order valence-corrected chi connectivity index (χ0v) is 10.5. The van der Waals surface area contributed by atoms with E-state index in [0.717, 1.165) is 6.07 Å². The molecule has 0 aliphatic rings. The minimum absolute atomic E-state index is 0.0797. The Labute approximate surface area is 112 Å². The van der Waals surface area contributed by atoms with Crippen molar-refractivity contribution in [2.24, 2.45) is 0 Å². The van der Waals surface area contributed by atoms with Crippen molar-refractivity contribution < 1.29 is 22.9 Å². The monoisotopic (exact) mass is 291 g/mol. The van der Waals surface area contributed by atoms with Crippen molar-refractivity contribution >= 4 is 17.3 Å². The van der Waals surface area contributed by atoms with Crippen LogP contribution in [0.4, 0.5) is 24.5 Å². The summed E-state index contributed by atoms with van der Waals surface area (Å²) in [5.74, 6) is -0.803. The summed E-state index contributed by atoms with van der Waals surface area (Å²) in [6, 6.07) is 3.52. The maximum absolute atomic E-state index is 12.0. The second-order valence-electron chi connectivity index (χ2n) is 3.86.